The predicted octanol–water partition coefficient (Wildman–Crippen LogP) is 2.82. The van der Waals surface area contributed by atoms with Gasteiger partial charge in [-0.1, -0.05) is 30.3 Å². The van der Waals surface area contributed by atoms with Crippen LogP contribution in [0.4, 0.5) is 0 Å². The number of nitrogens with two attached hydrogens (primary N) is 1. The van der Waals surface area contributed by atoms with Crippen LogP contribution in [0.25, 0.3) is 0 Å². The van der Waals surface area contributed by atoms with Gasteiger partial charge in [-0.3, -0.25) is 4.79 Å². The molecular weight excluding hydrogens is 288 g/mol. The number of carbonyl (C=O) groups is 1. The first-order valence-corrected chi connectivity index (χ1v) is 7.28. The topological polar surface area (TPSA) is 64.4 Å². The van der Waals surface area contributed by atoms with E-state index in [1.54, 1.807) is 0 Å². The molecule has 0 aliphatic carbocycles. The van der Waals surface area contributed by atoms with E-state index in [1.807, 2.05) is 32.0 Å². The third-order valence-corrected chi connectivity index (χ3v) is 3.11. The van der Waals surface area contributed by atoms with Crippen molar-refractivity contribution in [1.82, 2.24) is 5.32 Å². The van der Waals surface area contributed by atoms with Gasteiger partial charge in [-0.05, 0) is 32.3 Å². The summed E-state index contributed by atoms with van der Waals surface area (Å²) >= 11 is 0. The third kappa shape index (κ3) is 9.45. The van der Waals surface area contributed by atoms with Crippen molar-refractivity contribution in [3.63, 3.8) is 0 Å². The monoisotopic (exact) mass is 314 g/mol. The van der Waals surface area contributed by atoms with Crippen LogP contribution in [0.2, 0.25) is 0 Å². The van der Waals surface area contributed by atoms with E-state index < -0.39 is 0 Å². The maximum absolute atomic E-state index is 11.5. The lowest BCUT2D eigenvalue weighted by molar-refractivity contribution is -0.121. The summed E-state index contributed by atoms with van der Waals surface area (Å²) in [5, 5.41) is 2.88. The summed E-state index contributed by atoms with van der Waals surface area (Å²) in [5.74, 6) is 0.0680. The summed E-state index contributed by atoms with van der Waals surface area (Å²) in [4.78, 5) is 11.5. The molecule has 0 saturated heterocycles. The van der Waals surface area contributed by atoms with Gasteiger partial charge in [0.2, 0.25) is 5.91 Å². The van der Waals surface area contributed by atoms with Gasteiger partial charge in [-0.25, -0.2) is 0 Å². The largest absolute Gasteiger partial charge is 0.374 e. The quantitative estimate of drug-likeness (QED) is 0.689. The van der Waals surface area contributed by atoms with Gasteiger partial charge in [0, 0.05) is 25.6 Å². The highest BCUT2D eigenvalue weighted by molar-refractivity contribution is 5.85. The third-order valence-electron chi connectivity index (χ3n) is 3.11. The fourth-order valence-electron chi connectivity index (χ4n) is 1.83. The molecule has 3 N–H and O–H groups in total. The van der Waals surface area contributed by atoms with Gasteiger partial charge in [0.1, 0.15) is 0 Å². The van der Waals surface area contributed by atoms with Crippen LogP contribution < -0.4 is 11.1 Å². The Balaban J connectivity index is 0.00000400. The Morgan fingerprint density at radius 1 is 1.29 bits per heavy atom. The molecule has 0 spiro atoms. The Kier molecular flexibility index (Phi) is 10.9. The van der Waals surface area contributed by atoms with Crippen LogP contribution in [0.5, 0.6) is 0 Å². The van der Waals surface area contributed by atoms with Gasteiger partial charge < -0.3 is 15.8 Å². The summed E-state index contributed by atoms with van der Waals surface area (Å²) in [6, 6.07) is 10.2. The molecule has 0 saturated carbocycles. The van der Waals surface area contributed by atoms with Crippen molar-refractivity contribution < 1.29 is 9.53 Å². The lowest BCUT2D eigenvalue weighted by atomic mass is 10.1. The standard InChI is InChI=1S/C16H26N2O2.ClH/c1-13(17)9-10-16(19)18-11-6-12-20-14(2)15-7-4-3-5-8-15;/h3-5,7-8,13-14H,6,9-12,17H2,1-2H3,(H,18,19);1H. The van der Waals surface area contributed by atoms with Crippen molar-refractivity contribution in [2.45, 2.75) is 45.3 Å². The Morgan fingerprint density at radius 3 is 2.57 bits per heavy atom. The summed E-state index contributed by atoms with van der Waals surface area (Å²) in [5.41, 5.74) is 6.78. The van der Waals surface area contributed by atoms with Crippen molar-refractivity contribution in [1.29, 1.82) is 0 Å². The van der Waals surface area contributed by atoms with E-state index >= 15 is 0 Å². The summed E-state index contributed by atoms with van der Waals surface area (Å²) in [6.07, 6.45) is 2.14. The van der Waals surface area contributed by atoms with Crippen molar-refractivity contribution in [2.24, 2.45) is 5.73 Å². The van der Waals surface area contributed by atoms with E-state index in [-0.39, 0.29) is 30.5 Å². The zero-order chi connectivity index (χ0) is 14.8. The van der Waals surface area contributed by atoms with E-state index in [4.69, 9.17) is 10.5 Å². The molecule has 1 amide bonds. The van der Waals surface area contributed by atoms with Crippen molar-refractivity contribution in [3.05, 3.63) is 35.9 Å². The van der Waals surface area contributed by atoms with Crippen LogP contribution in [0, 0.1) is 0 Å². The zero-order valence-electron chi connectivity index (χ0n) is 12.9. The molecule has 21 heavy (non-hydrogen) atoms. The van der Waals surface area contributed by atoms with E-state index in [0.29, 0.717) is 19.6 Å². The Labute approximate surface area is 133 Å². The summed E-state index contributed by atoms with van der Waals surface area (Å²) < 4.78 is 5.74. The molecule has 2 unspecified atom stereocenters. The number of hydrogen-bond acceptors (Lipinski definition) is 3. The molecular formula is C16H27ClN2O2. The maximum Gasteiger partial charge on any atom is 0.220 e. The van der Waals surface area contributed by atoms with Gasteiger partial charge in [0.05, 0.1) is 6.10 Å². The van der Waals surface area contributed by atoms with Crippen LogP contribution in [-0.2, 0) is 9.53 Å². The van der Waals surface area contributed by atoms with Crippen molar-refractivity contribution in [2.75, 3.05) is 13.2 Å². The molecule has 1 aromatic rings. The number of benzene rings is 1. The second kappa shape index (κ2) is 11.5. The molecule has 0 aromatic heterocycles. The Morgan fingerprint density at radius 2 is 1.95 bits per heavy atom. The molecule has 0 aliphatic rings. The minimum absolute atomic E-state index is 0. The van der Waals surface area contributed by atoms with Gasteiger partial charge in [0.25, 0.3) is 0 Å². The Bertz CT molecular complexity index is 385. The molecule has 0 heterocycles. The molecule has 1 rings (SSSR count). The molecule has 0 bridgehead atoms. The second-order valence-electron chi connectivity index (χ2n) is 5.14. The molecule has 1 aromatic carbocycles. The Hall–Kier alpha value is -1.10. The van der Waals surface area contributed by atoms with Gasteiger partial charge in [-0.15, -0.1) is 12.4 Å². The van der Waals surface area contributed by atoms with E-state index in [2.05, 4.69) is 17.4 Å². The smallest absolute Gasteiger partial charge is 0.220 e. The first kappa shape index (κ1) is 19.9. The van der Waals surface area contributed by atoms with E-state index in [9.17, 15) is 4.79 Å². The fourth-order valence-corrected chi connectivity index (χ4v) is 1.83. The highest BCUT2D eigenvalue weighted by Crippen LogP contribution is 2.15. The normalized spacial score (nSPS) is 13.1. The fraction of sp³-hybridized carbons (Fsp3) is 0.562. The van der Waals surface area contributed by atoms with Crippen LogP contribution in [0.1, 0.15) is 44.8 Å². The number of hydrogen-bond donors (Lipinski definition) is 2. The van der Waals surface area contributed by atoms with Crippen LogP contribution in [0.3, 0.4) is 0 Å². The van der Waals surface area contributed by atoms with Gasteiger partial charge >= 0.3 is 0 Å². The number of ether oxygens (including phenoxy) is 1. The van der Waals surface area contributed by atoms with E-state index in [0.717, 1.165) is 12.8 Å². The molecule has 120 valence electrons. The maximum atomic E-state index is 11.5. The summed E-state index contributed by atoms with van der Waals surface area (Å²) in [7, 11) is 0. The number of carbonyl (C=O) groups excluding carboxylic acids is 1. The first-order valence-electron chi connectivity index (χ1n) is 7.28. The predicted molar refractivity (Wildman–Crippen MR) is 88.6 cm³/mol. The van der Waals surface area contributed by atoms with Gasteiger partial charge in [-0.2, -0.15) is 0 Å². The van der Waals surface area contributed by atoms with Crippen molar-refractivity contribution in [3.8, 4) is 0 Å². The molecule has 5 heteroatoms. The number of nitrogens with one attached hydrogen (secondary N) is 1. The average molecular weight is 315 g/mol. The molecule has 4 nitrogen and oxygen atoms in total. The molecule has 0 aliphatic heterocycles. The number of halogens is 1. The second-order valence-corrected chi connectivity index (χ2v) is 5.14. The number of amides is 1. The minimum atomic E-state index is 0. The highest BCUT2D eigenvalue weighted by Gasteiger charge is 2.05. The van der Waals surface area contributed by atoms with Gasteiger partial charge in [0.15, 0.2) is 0 Å². The van der Waals surface area contributed by atoms with E-state index in [1.165, 1.54) is 5.56 Å². The first-order chi connectivity index (χ1) is 9.59. The lowest BCUT2D eigenvalue weighted by Crippen LogP contribution is -2.27. The molecule has 0 fully saturated rings. The van der Waals surface area contributed by atoms with Crippen LogP contribution in [-0.4, -0.2) is 25.1 Å². The average Bonchev–Trinajstić information content (AvgIpc) is 2.45. The van der Waals surface area contributed by atoms with Crippen LogP contribution >= 0.6 is 12.4 Å². The zero-order valence-corrected chi connectivity index (χ0v) is 13.7. The SMILES string of the molecule is CC(N)CCC(=O)NCCCOC(C)c1ccccc1.Cl. The minimum Gasteiger partial charge on any atom is -0.374 e. The number of rotatable bonds is 9. The molecule has 2 atom stereocenters. The summed E-state index contributed by atoms with van der Waals surface area (Å²) in [6.45, 7) is 5.24. The highest BCUT2D eigenvalue weighted by atomic mass is 35.5. The molecule has 0 radical (unpaired) electrons. The van der Waals surface area contributed by atoms with Crippen LogP contribution in [0.15, 0.2) is 30.3 Å². The lowest BCUT2D eigenvalue weighted by Gasteiger charge is -2.13. The van der Waals surface area contributed by atoms with Crippen molar-refractivity contribution >= 4 is 18.3 Å².